The van der Waals surface area contributed by atoms with Gasteiger partial charge >= 0.3 is 12.2 Å². The molecule has 4 atom stereocenters. The van der Waals surface area contributed by atoms with Gasteiger partial charge in [-0.3, -0.25) is 9.59 Å². The van der Waals surface area contributed by atoms with Crippen LogP contribution in [0, 0.1) is 11.8 Å². The molecule has 0 spiro atoms. The molecule has 2 rings (SSSR count). The molecule has 0 bridgehead atoms. The minimum atomic E-state index is -0.763. The molecule has 40 heavy (non-hydrogen) atoms. The number of hydrogen-bond donors (Lipinski definition) is 4. The van der Waals surface area contributed by atoms with E-state index in [1.165, 1.54) is 14.2 Å². The van der Waals surface area contributed by atoms with E-state index in [9.17, 15) is 19.2 Å². The zero-order chi connectivity index (χ0) is 30.1. The molecule has 2 heterocycles. The molecule has 226 valence electrons. The number of alkyl carbamates (subject to hydrolysis) is 2. The highest BCUT2D eigenvalue weighted by atomic mass is 16.5. The fraction of sp³-hybridized carbons (Fsp3) is 0.769. The van der Waals surface area contributed by atoms with Gasteiger partial charge in [-0.25, -0.2) is 19.6 Å². The fourth-order valence-electron chi connectivity index (χ4n) is 5.06. The van der Waals surface area contributed by atoms with E-state index in [0.29, 0.717) is 25.9 Å². The zero-order valence-corrected chi connectivity index (χ0v) is 24.7. The lowest BCUT2D eigenvalue weighted by atomic mass is 10.0. The summed E-state index contributed by atoms with van der Waals surface area (Å²) < 4.78 is 9.35. The first kappa shape index (κ1) is 32.6. The van der Waals surface area contributed by atoms with Crippen LogP contribution in [0.2, 0.25) is 0 Å². The third-order valence-corrected chi connectivity index (χ3v) is 7.21. The predicted molar refractivity (Wildman–Crippen MR) is 151 cm³/mol. The number of amidine groups is 2. The van der Waals surface area contributed by atoms with E-state index in [2.05, 4.69) is 30.1 Å². The van der Waals surface area contributed by atoms with Crippen molar-refractivity contribution in [2.24, 2.45) is 33.3 Å². The Morgan fingerprint density at radius 1 is 0.725 bits per heavy atom. The molecule has 0 saturated carbocycles. The summed E-state index contributed by atoms with van der Waals surface area (Å²) in [6, 6.07) is -2.40. The highest BCUT2D eigenvalue weighted by Gasteiger charge is 2.39. The summed E-state index contributed by atoms with van der Waals surface area (Å²) in [5, 5.41) is 5.22. The second-order valence-electron chi connectivity index (χ2n) is 10.8. The molecule has 2 saturated heterocycles. The second kappa shape index (κ2) is 14.7. The van der Waals surface area contributed by atoms with Crippen molar-refractivity contribution in [3.8, 4) is 0 Å². The van der Waals surface area contributed by atoms with Crippen molar-refractivity contribution < 1.29 is 28.7 Å². The summed E-state index contributed by atoms with van der Waals surface area (Å²) >= 11 is 0. The van der Waals surface area contributed by atoms with Crippen LogP contribution in [0.1, 0.15) is 60.3 Å². The Balaban J connectivity index is 2.17. The van der Waals surface area contributed by atoms with Gasteiger partial charge in [-0.1, -0.05) is 27.7 Å². The summed E-state index contributed by atoms with van der Waals surface area (Å²) in [4.78, 5) is 62.5. The average molecular weight is 567 g/mol. The Morgan fingerprint density at radius 3 is 1.38 bits per heavy atom. The molecule has 2 aliphatic rings. The van der Waals surface area contributed by atoms with E-state index in [-0.39, 0.29) is 35.3 Å². The maximum absolute atomic E-state index is 13.3. The van der Waals surface area contributed by atoms with E-state index >= 15 is 0 Å². The number of methoxy groups -OCH3 is 2. The highest BCUT2D eigenvalue weighted by Crippen LogP contribution is 2.23. The molecule has 2 aliphatic heterocycles. The smallest absolute Gasteiger partial charge is 0.407 e. The van der Waals surface area contributed by atoms with Crippen molar-refractivity contribution in [2.45, 2.75) is 90.6 Å². The van der Waals surface area contributed by atoms with Crippen LogP contribution in [-0.2, 0) is 19.1 Å². The standard InChI is InChI=1S/C26H46N8O6/c1-14(2)19(31-25(37)39-6)23(35)33-12-8-10-17(33)21(27)29-16(5)30-22(28)18-11-9-13-34(18)24(36)20(15(3)4)32-26(38)40-7/h14-20H,8-13H2,1-7H3,(H2,27,29)(H2,28,30)(H,31,37)(H,32,38)/t17-,18-,19-,20-/m0/s1. The molecular formula is C26H46N8O6. The molecule has 0 unspecified atom stereocenters. The van der Waals surface area contributed by atoms with Gasteiger partial charge in [0.15, 0.2) is 0 Å². The number of amides is 4. The SMILES string of the molecule is COC(=O)N[C@H](C(=O)N1CCC[C@H]1/C(N)=N/C(C)/N=C(\N)[C@@H]1CCCN1C(=O)[C@@H](NC(=O)OC)C(C)C)C(C)C. The summed E-state index contributed by atoms with van der Waals surface area (Å²) in [6.45, 7) is 10.1. The Labute approximate surface area is 236 Å². The highest BCUT2D eigenvalue weighted by molar-refractivity contribution is 5.95. The van der Waals surface area contributed by atoms with Gasteiger partial charge in [-0.15, -0.1) is 0 Å². The van der Waals surface area contributed by atoms with Crippen molar-refractivity contribution in [1.29, 1.82) is 0 Å². The molecule has 0 aromatic carbocycles. The van der Waals surface area contributed by atoms with E-state index in [0.717, 1.165) is 12.8 Å². The molecule has 0 aliphatic carbocycles. The third-order valence-electron chi connectivity index (χ3n) is 7.21. The first-order chi connectivity index (χ1) is 18.8. The number of hydrogen-bond acceptors (Lipinski definition) is 8. The van der Waals surface area contributed by atoms with Crippen LogP contribution in [-0.4, -0.2) is 103 Å². The average Bonchev–Trinajstić information content (AvgIpc) is 3.59. The van der Waals surface area contributed by atoms with Crippen LogP contribution in [0.4, 0.5) is 9.59 Å². The third kappa shape index (κ3) is 8.21. The maximum Gasteiger partial charge on any atom is 0.407 e. The maximum atomic E-state index is 13.3. The topological polar surface area (TPSA) is 194 Å². The van der Waals surface area contributed by atoms with Crippen molar-refractivity contribution in [1.82, 2.24) is 20.4 Å². The van der Waals surface area contributed by atoms with Crippen LogP contribution in [0.15, 0.2) is 9.98 Å². The number of nitrogens with one attached hydrogen (secondary N) is 2. The van der Waals surface area contributed by atoms with Gasteiger partial charge in [0.2, 0.25) is 11.8 Å². The Morgan fingerprint density at radius 2 is 1.07 bits per heavy atom. The normalized spacial score (nSPS) is 22.2. The van der Waals surface area contributed by atoms with Gasteiger partial charge in [-0.05, 0) is 44.4 Å². The molecule has 14 heteroatoms. The van der Waals surface area contributed by atoms with Crippen molar-refractivity contribution >= 4 is 35.7 Å². The second-order valence-corrected chi connectivity index (χ2v) is 10.8. The molecule has 6 N–H and O–H groups in total. The Bertz CT molecular complexity index is 908. The molecule has 0 aromatic heterocycles. The fourth-order valence-corrected chi connectivity index (χ4v) is 5.06. The van der Waals surface area contributed by atoms with Gasteiger partial charge in [0.1, 0.15) is 29.9 Å². The minimum absolute atomic E-state index is 0.162. The summed E-state index contributed by atoms with van der Waals surface area (Å²) in [5.41, 5.74) is 12.7. The zero-order valence-electron chi connectivity index (χ0n) is 24.7. The van der Waals surface area contributed by atoms with E-state index in [1.807, 2.05) is 27.7 Å². The molecule has 14 nitrogen and oxygen atoms in total. The van der Waals surface area contributed by atoms with Crippen LogP contribution in [0.25, 0.3) is 0 Å². The number of likely N-dealkylation sites (tertiary alicyclic amines) is 2. The van der Waals surface area contributed by atoms with Gasteiger partial charge in [0.05, 0.1) is 26.3 Å². The number of aliphatic imine (C=N–C) groups is 2. The summed E-state index contributed by atoms with van der Waals surface area (Å²) in [7, 11) is 2.49. The predicted octanol–water partition coefficient (Wildman–Crippen LogP) is 0.790. The van der Waals surface area contributed by atoms with Crippen LogP contribution >= 0.6 is 0 Å². The Hall–Kier alpha value is -3.58. The Kier molecular flexibility index (Phi) is 12.0. The van der Waals surface area contributed by atoms with Crippen molar-refractivity contribution in [3.05, 3.63) is 0 Å². The van der Waals surface area contributed by atoms with Crippen LogP contribution in [0.5, 0.6) is 0 Å². The van der Waals surface area contributed by atoms with E-state index < -0.39 is 42.5 Å². The quantitative estimate of drug-likeness (QED) is 0.220. The number of nitrogens with zero attached hydrogens (tertiary/aromatic N) is 4. The van der Waals surface area contributed by atoms with Crippen molar-refractivity contribution in [3.63, 3.8) is 0 Å². The van der Waals surface area contributed by atoms with Gasteiger partial charge in [0.25, 0.3) is 0 Å². The lowest BCUT2D eigenvalue weighted by molar-refractivity contribution is -0.134. The summed E-state index contributed by atoms with van der Waals surface area (Å²) in [5.74, 6) is -0.336. The lowest BCUT2D eigenvalue weighted by Crippen LogP contribution is -2.55. The van der Waals surface area contributed by atoms with Crippen molar-refractivity contribution in [2.75, 3.05) is 27.3 Å². The number of carbonyl (C=O) groups is 4. The molecule has 0 radical (unpaired) electrons. The van der Waals surface area contributed by atoms with Crippen LogP contribution in [0.3, 0.4) is 0 Å². The van der Waals surface area contributed by atoms with Gasteiger partial charge in [-0.2, -0.15) is 0 Å². The number of nitrogens with two attached hydrogens (primary N) is 2. The first-order valence-electron chi connectivity index (χ1n) is 13.8. The van der Waals surface area contributed by atoms with Crippen LogP contribution < -0.4 is 22.1 Å². The first-order valence-corrected chi connectivity index (χ1v) is 13.8. The van der Waals surface area contributed by atoms with Gasteiger partial charge < -0.3 is 41.4 Å². The number of rotatable bonds is 10. The van der Waals surface area contributed by atoms with E-state index in [4.69, 9.17) is 11.5 Å². The monoisotopic (exact) mass is 566 g/mol. The largest absolute Gasteiger partial charge is 0.453 e. The van der Waals surface area contributed by atoms with Gasteiger partial charge in [0, 0.05) is 13.1 Å². The number of carbonyl (C=O) groups excluding carboxylic acids is 4. The minimum Gasteiger partial charge on any atom is -0.453 e. The molecule has 2 fully saturated rings. The van der Waals surface area contributed by atoms with E-state index in [1.54, 1.807) is 16.7 Å². The summed E-state index contributed by atoms with van der Waals surface area (Å²) in [6.07, 6.45) is 0.732. The molecule has 0 aromatic rings. The molecular weight excluding hydrogens is 520 g/mol. The number of ether oxygens (including phenoxy) is 2. The lowest BCUT2D eigenvalue weighted by Gasteiger charge is -2.31. The molecule has 4 amide bonds.